The van der Waals surface area contributed by atoms with E-state index in [0.717, 1.165) is 24.2 Å². The van der Waals surface area contributed by atoms with Crippen molar-refractivity contribution in [3.8, 4) is 0 Å². The van der Waals surface area contributed by atoms with Crippen molar-refractivity contribution in [2.75, 3.05) is 0 Å². The number of amides is 1. The average molecular weight is 354 g/mol. The molecule has 1 amide bonds. The third kappa shape index (κ3) is 5.64. The van der Waals surface area contributed by atoms with Crippen LogP contribution in [0.25, 0.3) is 0 Å². The minimum Gasteiger partial charge on any atom is -0.349 e. The van der Waals surface area contributed by atoms with Gasteiger partial charge in [0.1, 0.15) is 0 Å². The lowest BCUT2D eigenvalue weighted by atomic mass is 10.1. The van der Waals surface area contributed by atoms with Gasteiger partial charge in [-0.05, 0) is 49.6 Å². The molecule has 0 unspecified atom stereocenters. The summed E-state index contributed by atoms with van der Waals surface area (Å²) in [4.78, 5) is 13.7. The van der Waals surface area contributed by atoms with E-state index in [1.165, 1.54) is 41.7 Å². The molecule has 25 heavy (non-hydrogen) atoms. The van der Waals surface area contributed by atoms with Crippen LogP contribution in [0, 0.1) is 6.92 Å². The summed E-state index contributed by atoms with van der Waals surface area (Å²) in [5.74, 6) is 0.998. The zero-order valence-corrected chi connectivity index (χ0v) is 15.8. The standard InChI is InChI=1S/C22H27NOS/c1-17-8-14-21(15-9-17)25-16-18-10-12-19(13-11-18)22(24)23-20-6-4-2-3-5-7-20/h8-15,20H,2-7,16H2,1H3,(H,23,24). The van der Waals surface area contributed by atoms with Gasteiger partial charge in [0.15, 0.2) is 0 Å². The fourth-order valence-corrected chi connectivity index (χ4v) is 4.10. The molecule has 2 aromatic carbocycles. The van der Waals surface area contributed by atoms with Gasteiger partial charge in [-0.2, -0.15) is 0 Å². The highest BCUT2D eigenvalue weighted by atomic mass is 32.2. The van der Waals surface area contributed by atoms with Crippen LogP contribution in [-0.2, 0) is 5.75 Å². The van der Waals surface area contributed by atoms with Crippen molar-refractivity contribution in [2.45, 2.75) is 62.1 Å². The molecule has 1 aliphatic carbocycles. The van der Waals surface area contributed by atoms with E-state index in [-0.39, 0.29) is 5.91 Å². The van der Waals surface area contributed by atoms with Gasteiger partial charge in [0.2, 0.25) is 0 Å². The van der Waals surface area contributed by atoms with Crippen LogP contribution in [0.4, 0.5) is 0 Å². The molecule has 1 fully saturated rings. The largest absolute Gasteiger partial charge is 0.349 e. The van der Waals surface area contributed by atoms with Gasteiger partial charge in [-0.25, -0.2) is 0 Å². The van der Waals surface area contributed by atoms with Crippen LogP contribution in [0.3, 0.4) is 0 Å². The van der Waals surface area contributed by atoms with E-state index in [1.807, 2.05) is 23.9 Å². The Morgan fingerprint density at radius 2 is 1.60 bits per heavy atom. The van der Waals surface area contributed by atoms with Gasteiger partial charge >= 0.3 is 0 Å². The van der Waals surface area contributed by atoms with Crippen LogP contribution < -0.4 is 5.32 Å². The molecule has 1 saturated carbocycles. The lowest BCUT2D eigenvalue weighted by Crippen LogP contribution is -2.34. The minimum atomic E-state index is 0.0737. The molecule has 0 aliphatic heterocycles. The van der Waals surface area contributed by atoms with E-state index in [4.69, 9.17) is 0 Å². The number of nitrogens with one attached hydrogen (secondary N) is 1. The molecule has 132 valence electrons. The number of aryl methyl sites for hydroxylation is 1. The van der Waals surface area contributed by atoms with Crippen LogP contribution >= 0.6 is 11.8 Å². The summed E-state index contributed by atoms with van der Waals surface area (Å²) >= 11 is 1.83. The summed E-state index contributed by atoms with van der Waals surface area (Å²) in [5, 5.41) is 3.21. The maximum Gasteiger partial charge on any atom is 0.251 e. The maximum absolute atomic E-state index is 12.4. The van der Waals surface area contributed by atoms with Crippen LogP contribution in [0.2, 0.25) is 0 Å². The third-order valence-corrected chi connectivity index (χ3v) is 5.92. The second kappa shape index (κ2) is 9.10. The molecule has 1 N–H and O–H groups in total. The Morgan fingerprint density at radius 1 is 0.960 bits per heavy atom. The van der Waals surface area contributed by atoms with Crippen LogP contribution in [0.5, 0.6) is 0 Å². The summed E-state index contributed by atoms with van der Waals surface area (Å²) in [5.41, 5.74) is 3.30. The summed E-state index contributed by atoms with van der Waals surface area (Å²) in [6.07, 6.45) is 7.33. The van der Waals surface area contributed by atoms with Crippen molar-refractivity contribution in [1.82, 2.24) is 5.32 Å². The van der Waals surface area contributed by atoms with Crippen LogP contribution in [-0.4, -0.2) is 11.9 Å². The highest BCUT2D eigenvalue weighted by molar-refractivity contribution is 7.98. The van der Waals surface area contributed by atoms with Gasteiger partial charge in [-0.3, -0.25) is 4.79 Å². The molecule has 2 nitrogen and oxygen atoms in total. The monoisotopic (exact) mass is 353 g/mol. The number of benzene rings is 2. The molecule has 0 saturated heterocycles. The van der Waals surface area contributed by atoms with Crippen molar-refractivity contribution >= 4 is 17.7 Å². The Hall–Kier alpha value is -1.74. The van der Waals surface area contributed by atoms with Gasteiger partial charge < -0.3 is 5.32 Å². The van der Waals surface area contributed by atoms with Crippen molar-refractivity contribution in [1.29, 1.82) is 0 Å². The van der Waals surface area contributed by atoms with Crippen molar-refractivity contribution in [3.05, 3.63) is 65.2 Å². The Bertz CT molecular complexity index is 670. The molecule has 3 heteroatoms. The predicted octanol–water partition coefficient (Wildman–Crippen LogP) is 5.74. The highest BCUT2D eigenvalue weighted by Crippen LogP contribution is 2.23. The number of hydrogen-bond acceptors (Lipinski definition) is 2. The smallest absolute Gasteiger partial charge is 0.251 e. The zero-order chi connectivity index (χ0) is 17.5. The van der Waals surface area contributed by atoms with Crippen molar-refractivity contribution in [2.24, 2.45) is 0 Å². The fourth-order valence-electron chi connectivity index (χ4n) is 3.25. The van der Waals surface area contributed by atoms with E-state index in [0.29, 0.717) is 6.04 Å². The van der Waals surface area contributed by atoms with Crippen LogP contribution in [0.15, 0.2) is 53.4 Å². The van der Waals surface area contributed by atoms with Gasteiger partial charge in [-0.1, -0.05) is 55.5 Å². The van der Waals surface area contributed by atoms with E-state index in [2.05, 4.69) is 48.6 Å². The second-order valence-corrected chi connectivity index (χ2v) is 8.01. The molecule has 3 rings (SSSR count). The Morgan fingerprint density at radius 3 is 2.24 bits per heavy atom. The predicted molar refractivity (Wildman–Crippen MR) is 106 cm³/mol. The fraction of sp³-hybridized carbons (Fsp3) is 0.409. The van der Waals surface area contributed by atoms with E-state index < -0.39 is 0 Å². The topological polar surface area (TPSA) is 29.1 Å². The number of carbonyl (C=O) groups excluding carboxylic acids is 1. The molecule has 0 aromatic heterocycles. The average Bonchev–Trinajstić information content (AvgIpc) is 2.90. The first-order valence-electron chi connectivity index (χ1n) is 9.30. The van der Waals surface area contributed by atoms with Gasteiger partial charge in [-0.15, -0.1) is 11.8 Å². The Labute approximate surface area is 155 Å². The minimum absolute atomic E-state index is 0.0737. The molecular formula is C22H27NOS. The molecule has 0 spiro atoms. The molecule has 1 aliphatic rings. The summed E-state index contributed by atoms with van der Waals surface area (Å²) in [6.45, 7) is 2.10. The van der Waals surface area contributed by atoms with E-state index in [1.54, 1.807) is 0 Å². The van der Waals surface area contributed by atoms with E-state index in [9.17, 15) is 4.79 Å². The molecule has 0 atom stereocenters. The Kier molecular flexibility index (Phi) is 6.57. The van der Waals surface area contributed by atoms with Crippen molar-refractivity contribution in [3.63, 3.8) is 0 Å². The molecule has 0 bridgehead atoms. The van der Waals surface area contributed by atoms with Gasteiger partial charge in [0.25, 0.3) is 5.91 Å². The molecule has 0 heterocycles. The number of rotatable bonds is 5. The maximum atomic E-state index is 12.4. The lowest BCUT2D eigenvalue weighted by molar-refractivity contribution is 0.0933. The first-order valence-corrected chi connectivity index (χ1v) is 10.3. The molecular weight excluding hydrogens is 326 g/mol. The highest BCUT2D eigenvalue weighted by Gasteiger charge is 2.15. The zero-order valence-electron chi connectivity index (χ0n) is 15.0. The summed E-state index contributed by atoms with van der Waals surface area (Å²) in [6, 6.07) is 17.0. The number of thioether (sulfide) groups is 1. The SMILES string of the molecule is Cc1ccc(SCc2ccc(C(=O)NC3CCCCCC3)cc2)cc1. The second-order valence-electron chi connectivity index (χ2n) is 6.96. The first kappa shape index (κ1) is 18.1. The Balaban J connectivity index is 1.52. The third-order valence-electron chi connectivity index (χ3n) is 4.83. The summed E-state index contributed by atoms with van der Waals surface area (Å²) in [7, 11) is 0. The van der Waals surface area contributed by atoms with Crippen molar-refractivity contribution < 1.29 is 4.79 Å². The molecule has 0 radical (unpaired) electrons. The number of hydrogen-bond donors (Lipinski definition) is 1. The van der Waals surface area contributed by atoms with Gasteiger partial charge in [0.05, 0.1) is 0 Å². The van der Waals surface area contributed by atoms with Gasteiger partial charge in [0, 0.05) is 22.3 Å². The normalized spacial score (nSPS) is 15.6. The molecule has 2 aromatic rings. The lowest BCUT2D eigenvalue weighted by Gasteiger charge is -2.16. The van der Waals surface area contributed by atoms with Crippen LogP contribution in [0.1, 0.15) is 60.0 Å². The van der Waals surface area contributed by atoms with E-state index >= 15 is 0 Å². The summed E-state index contributed by atoms with van der Waals surface area (Å²) < 4.78 is 0. The quantitative estimate of drug-likeness (QED) is 0.548. The number of carbonyl (C=O) groups is 1. The first-order chi connectivity index (χ1) is 12.2.